The van der Waals surface area contributed by atoms with Crippen LogP contribution in [0.25, 0.3) is 10.3 Å². The average molecular weight is 237 g/mol. The predicted molar refractivity (Wildman–Crippen MR) is 60.4 cm³/mol. The smallest absolute Gasteiger partial charge is 0.359 e. The first kappa shape index (κ1) is 10.9. The van der Waals surface area contributed by atoms with Crippen molar-refractivity contribution < 1.29 is 9.53 Å². The minimum absolute atomic E-state index is 0.252. The molecular weight excluding hydrogens is 226 g/mol. The molecule has 0 fully saturated rings. The zero-order valence-electron chi connectivity index (χ0n) is 8.84. The summed E-state index contributed by atoms with van der Waals surface area (Å²) in [5.74, 6) is -0.424. The highest BCUT2D eigenvalue weighted by molar-refractivity contribution is 7.16. The second-order valence-corrected chi connectivity index (χ2v) is 4.05. The van der Waals surface area contributed by atoms with Gasteiger partial charge in [-0.3, -0.25) is 0 Å². The predicted octanol–water partition coefficient (Wildman–Crippen LogP) is 2.04. The average Bonchev–Trinajstić information content (AvgIpc) is 2.76. The van der Waals surface area contributed by atoms with E-state index in [0.717, 1.165) is 12.8 Å². The molecule has 84 valence electrons. The molecule has 0 aromatic carbocycles. The largest absolute Gasteiger partial charge is 0.461 e. The van der Waals surface area contributed by atoms with Crippen LogP contribution < -0.4 is 0 Å². The molecule has 0 amide bonds. The highest BCUT2D eigenvalue weighted by Gasteiger charge is 2.15. The number of rotatable bonds is 4. The van der Waals surface area contributed by atoms with Gasteiger partial charge in [-0.05, 0) is 6.42 Å². The Morgan fingerprint density at radius 2 is 2.31 bits per heavy atom. The SMILES string of the molecule is CCCCOC(=O)c1ncnc2scnc12. The van der Waals surface area contributed by atoms with E-state index in [1.54, 1.807) is 5.51 Å². The number of ether oxygens (including phenoxy) is 1. The number of thiazole rings is 1. The highest BCUT2D eigenvalue weighted by atomic mass is 32.1. The summed E-state index contributed by atoms with van der Waals surface area (Å²) in [5.41, 5.74) is 2.42. The van der Waals surface area contributed by atoms with Gasteiger partial charge in [-0.2, -0.15) is 0 Å². The lowest BCUT2D eigenvalue weighted by Gasteiger charge is -2.02. The van der Waals surface area contributed by atoms with Gasteiger partial charge in [0.05, 0.1) is 12.1 Å². The summed E-state index contributed by atoms with van der Waals surface area (Å²) in [4.78, 5) is 24.4. The molecule has 0 saturated heterocycles. The van der Waals surface area contributed by atoms with Gasteiger partial charge < -0.3 is 4.74 Å². The standard InChI is InChI=1S/C10H11N3O2S/c1-2-3-4-15-10(14)8-7-9(12-5-11-8)16-6-13-7/h5-6H,2-4H2,1H3. The van der Waals surface area contributed by atoms with Crippen molar-refractivity contribution in [2.45, 2.75) is 19.8 Å². The van der Waals surface area contributed by atoms with E-state index in [-0.39, 0.29) is 5.69 Å². The number of nitrogens with zero attached hydrogens (tertiary/aromatic N) is 3. The normalized spacial score (nSPS) is 10.6. The zero-order valence-corrected chi connectivity index (χ0v) is 9.66. The number of fused-ring (bicyclic) bond motifs is 1. The van der Waals surface area contributed by atoms with E-state index >= 15 is 0 Å². The Morgan fingerprint density at radius 1 is 1.44 bits per heavy atom. The van der Waals surface area contributed by atoms with Gasteiger partial charge in [0.2, 0.25) is 0 Å². The van der Waals surface area contributed by atoms with Crippen LogP contribution in [0.15, 0.2) is 11.8 Å². The van der Waals surface area contributed by atoms with E-state index < -0.39 is 5.97 Å². The van der Waals surface area contributed by atoms with Gasteiger partial charge in [0, 0.05) is 0 Å². The fourth-order valence-corrected chi connectivity index (χ4v) is 1.85. The van der Waals surface area contributed by atoms with E-state index in [1.165, 1.54) is 17.7 Å². The lowest BCUT2D eigenvalue weighted by Crippen LogP contribution is -2.09. The zero-order chi connectivity index (χ0) is 11.4. The van der Waals surface area contributed by atoms with Gasteiger partial charge in [-0.25, -0.2) is 19.7 Å². The number of hydrogen-bond acceptors (Lipinski definition) is 6. The summed E-state index contributed by atoms with van der Waals surface area (Å²) < 4.78 is 5.08. The molecule has 0 aliphatic rings. The lowest BCUT2D eigenvalue weighted by molar-refractivity contribution is 0.0495. The monoisotopic (exact) mass is 237 g/mol. The number of hydrogen-bond donors (Lipinski definition) is 0. The molecule has 16 heavy (non-hydrogen) atoms. The summed E-state index contributed by atoms with van der Waals surface area (Å²) in [6.45, 7) is 2.46. The maximum atomic E-state index is 11.7. The fourth-order valence-electron chi connectivity index (χ4n) is 1.22. The van der Waals surface area contributed by atoms with Gasteiger partial charge in [0.1, 0.15) is 16.7 Å². The van der Waals surface area contributed by atoms with Crippen molar-refractivity contribution in [2.24, 2.45) is 0 Å². The summed E-state index contributed by atoms with van der Waals surface area (Å²) in [6, 6.07) is 0. The van der Waals surface area contributed by atoms with Crippen LogP contribution in [0, 0.1) is 0 Å². The Balaban J connectivity index is 2.19. The van der Waals surface area contributed by atoms with Crippen molar-refractivity contribution in [3.8, 4) is 0 Å². The first-order valence-corrected chi connectivity index (χ1v) is 5.92. The Morgan fingerprint density at radius 3 is 3.12 bits per heavy atom. The number of esters is 1. The van der Waals surface area contributed by atoms with E-state index in [0.29, 0.717) is 17.0 Å². The van der Waals surface area contributed by atoms with Gasteiger partial charge in [0.25, 0.3) is 0 Å². The number of carbonyl (C=O) groups excluding carboxylic acids is 1. The van der Waals surface area contributed by atoms with E-state index in [2.05, 4.69) is 15.0 Å². The molecule has 2 aromatic heterocycles. The van der Waals surface area contributed by atoms with Gasteiger partial charge >= 0.3 is 5.97 Å². The molecule has 5 nitrogen and oxygen atoms in total. The van der Waals surface area contributed by atoms with E-state index in [4.69, 9.17) is 4.74 Å². The summed E-state index contributed by atoms with van der Waals surface area (Å²) >= 11 is 1.38. The molecule has 0 aliphatic carbocycles. The van der Waals surface area contributed by atoms with E-state index in [9.17, 15) is 4.79 Å². The van der Waals surface area contributed by atoms with Gasteiger partial charge in [-0.15, -0.1) is 11.3 Å². The quantitative estimate of drug-likeness (QED) is 0.601. The van der Waals surface area contributed by atoms with Gasteiger partial charge in [-0.1, -0.05) is 13.3 Å². The first-order valence-electron chi connectivity index (χ1n) is 5.04. The van der Waals surface area contributed by atoms with Crippen molar-refractivity contribution in [3.63, 3.8) is 0 Å². The first-order chi connectivity index (χ1) is 7.83. The molecule has 0 saturated carbocycles. The van der Waals surface area contributed by atoms with Crippen molar-refractivity contribution in [2.75, 3.05) is 6.61 Å². The van der Waals surface area contributed by atoms with Crippen LogP contribution in [-0.4, -0.2) is 27.5 Å². The second-order valence-electron chi connectivity index (χ2n) is 3.22. The summed E-state index contributed by atoms with van der Waals surface area (Å²) in [6.07, 6.45) is 3.21. The van der Waals surface area contributed by atoms with Crippen LogP contribution in [0.5, 0.6) is 0 Å². The van der Waals surface area contributed by atoms with Crippen LogP contribution in [-0.2, 0) is 4.74 Å². The van der Waals surface area contributed by atoms with Crippen molar-refractivity contribution in [3.05, 3.63) is 17.5 Å². The maximum Gasteiger partial charge on any atom is 0.359 e. The Bertz CT molecular complexity index is 498. The molecule has 2 heterocycles. The number of carbonyl (C=O) groups is 1. The minimum atomic E-state index is -0.424. The van der Waals surface area contributed by atoms with E-state index in [1.807, 2.05) is 6.92 Å². The molecule has 0 radical (unpaired) electrons. The van der Waals surface area contributed by atoms with Crippen LogP contribution in [0.3, 0.4) is 0 Å². The second kappa shape index (κ2) is 4.98. The molecular formula is C10H11N3O2S. The van der Waals surface area contributed by atoms with Crippen LogP contribution in [0.4, 0.5) is 0 Å². The van der Waals surface area contributed by atoms with Crippen LogP contribution in [0.1, 0.15) is 30.3 Å². The lowest BCUT2D eigenvalue weighted by atomic mass is 10.3. The highest BCUT2D eigenvalue weighted by Crippen LogP contribution is 2.17. The van der Waals surface area contributed by atoms with Gasteiger partial charge in [0.15, 0.2) is 5.69 Å². The number of aromatic nitrogens is 3. The molecule has 0 unspecified atom stereocenters. The Kier molecular flexibility index (Phi) is 3.40. The molecule has 2 rings (SSSR count). The van der Waals surface area contributed by atoms with Crippen LogP contribution >= 0.6 is 11.3 Å². The summed E-state index contributed by atoms with van der Waals surface area (Å²) in [7, 11) is 0. The minimum Gasteiger partial charge on any atom is -0.461 e. The molecule has 0 N–H and O–H groups in total. The molecule has 0 aliphatic heterocycles. The third kappa shape index (κ3) is 2.16. The van der Waals surface area contributed by atoms with Crippen molar-refractivity contribution in [1.82, 2.24) is 15.0 Å². The van der Waals surface area contributed by atoms with Crippen LogP contribution in [0.2, 0.25) is 0 Å². The van der Waals surface area contributed by atoms with Crippen molar-refractivity contribution >= 4 is 27.7 Å². The molecule has 2 aromatic rings. The topological polar surface area (TPSA) is 65.0 Å². The molecule has 0 spiro atoms. The number of unbranched alkanes of at least 4 members (excludes halogenated alkanes) is 1. The third-order valence-electron chi connectivity index (χ3n) is 2.06. The Hall–Kier alpha value is -1.56. The Labute approximate surface area is 96.5 Å². The fraction of sp³-hybridized carbons (Fsp3) is 0.400. The molecule has 0 atom stereocenters. The maximum absolute atomic E-state index is 11.7. The third-order valence-corrected chi connectivity index (χ3v) is 2.79. The summed E-state index contributed by atoms with van der Waals surface area (Å²) in [5, 5.41) is 0. The molecule has 6 heteroatoms. The van der Waals surface area contributed by atoms with Crippen molar-refractivity contribution in [1.29, 1.82) is 0 Å². The molecule has 0 bridgehead atoms.